The Labute approximate surface area is 115 Å². The van der Waals surface area contributed by atoms with Gasteiger partial charge in [0, 0.05) is 18.0 Å². The van der Waals surface area contributed by atoms with Gasteiger partial charge in [-0.25, -0.2) is 9.37 Å². The molecule has 0 saturated heterocycles. The number of amides is 1. The monoisotopic (exact) mass is 270 g/mol. The third-order valence-corrected chi connectivity index (χ3v) is 2.30. The molecule has 2 aromatic rings. The van der Waals surface area contributed by atoms with Crippen molar-refractivity contribution in [1.29, 1.82) is 0 Å². The number of nitrogens with two attached hydrogens (primary N) is 1. The highest BCUT2D eigenvalue weighted by atomic mass is 19.1. The normalized spacial score (nSPS) is 9.50. The second kappa shape index (κ2) is 6.41. The van der Waals surface area contributed by atoms with E-state index in [9.17, 15) is 9.18 Å². The Kier molecular flexibility index (Phi) is 4.37. The maximum atomic E-state index is 12.7. The summed E-state index contributed by atoms with van der Waals surface area (Å²) in [6, 6.07) is 4.18. The molecule has 2 heterocycles. The molecule has 2 aromatic heterocycles. The third-order valence-electron chi connectivity index (χ3n) is 2.30. The topological polar surface area (TPSA) is 80.9 Å². The zero-order valence-corrected chi connectivity index (χ0v) is 10.4. The SMILES string of the molecule is NCC#Cc1cncc(C(=O)Nc2ccc(F)cn2)c1. The maximum Gasteiger partial charge on any atom is 0.258 e. The van der Waals surface area contributed by atoms with E-state index in [1.54, 1.807) is 6.07 Å². The zero-order valence-electron chi connectivity index (χ0n) is 10.4. The van der Waals surface area contributed by atoms with E-state index < -0.39 is 11.7 Å². The zero-order chi connectivity index (χ0) is 14.4. The maximum absolute atomic E-state index is 12.7. The van der Waals surface area contributed by atoms with Gasteiger partial charge >= 0.3 is 0 Å². The van der Waals surface area contributed by atoms with Crippen molar-refractivity contribution in [3.63, 3.8) is 0 Å². The highest BCUT2D eigenvalue weighted by Gasteiger charge is 2.07. The summed E-state index contributed by atoms with van der Waals surface area (Å²) < 4.78 is 12.7. The molecule has 0 spiro atoms. The van der Waals surface area contributed by atoms with E-state index >= 15 is 0 Å². The van der Waals surface area contributed by atoms with Crippen molar-refractivity contribution in [2.75, 3.05) is 11.9 Å². The smallest absolute Gasteiger partial charge is 0.258 e. The molecule has 0 unspecified atom stereocenters. The van der Waals surface area contributed by atoms with Crippen molar-refractivity contribution >= 4 is 11.7 Å². The molecule has 0 aromatic carbocycles. The van der Waals surface area contributed by atoms with Crippen LogP contribution in [-0.2, 0) is 0 Å². The molecule has 6 heteroatoms. The first-order chi connectivity index (χ1) is 9.69. The molecule has 2 rings (SSSR count). The van der Waals surface area contributed by atoms with E-state index in [4.69, 9.17) is 5.73 Å². The van der Waals surface area contributed by atoms with Crippen molar-refractivity contribution < 1.29 is 9.18 Å². The fourth-order valence-electron chi connectivity index (χ4n) is 1.42. The first-order valence-electron chi connectivity index (χ1n) is 5.76. The first-order valence-corrected chi connectivity index (χ1v) is 5.76. The number of hydrogen-bond donors (Lipinski definition) is 2. The minimum atomic E-state index is -0.469. The lowest BCUT2D eigenvalue weighted by Gasteiger charge is -2.04. The molecule has 0 saturated carbocycles. The van der Waals surface area contributed by atoms with Gasteiger partial charge in [0.2, 0.25) is 0 Å². The number of carbonyl (C=O) groups is 1. The molecule has 0 bridgehead atoms. The van der Waals surface area contributed by atoms with E-state index in [1.807, 2.05) is 0 Å². The van der Waals surface area contributed by atoms with Crippen LogP contribution in [0.2, 0.25) is 0 Å². The number of nitrogens with zero attached hydrogens (tertiary/aromatic N) is 2. The number of aromatic nitrogens is 2. The van der Waals surface area contributed by atoms with E-state index in [2.05, 4.69) is 27.1 Å². The van der Waals surface area contributed by atoms with Crippen molar-refractivity contribution in [3.8, 4) is 11.8 Å². The van der Waals surface area contributed by atoms with E-state index in [0.29, 0.717) is 11.1 Å². The highest BCUT2D eigenvalue weighted by molar-refractivity contribution is 6.03. The molecule has 0 fully saturated rings. The summed E-state index contributed by atoms with van der Waals surface area (Å²) >= 11 is 0. The van der Waals surface area contributed by atoms with Gasteiger partial charge in [-0.2, -0.15) is 0 Å². The number of pyridine rings is 2. The second-order valence-corrected chi connectivity index (χ2v) is 3.78. The lowest BCUT2D eigenvalue weighted by Crippen LogP contribution is -2.13. The molecular weight excluding hydrogens is 259 g/mol. The van der Waals surface area contributed by atoms with Crippen molar-refractivity contribution in [3.05, 3.63) is 53.7 Å². The van der Waals surface area contributed by atoms with Gasteiger partial charge in [-0.15, -0.1) is 0 Å². The lowest BCUT2D eigenvalue weighted by molar-refractivity contribution is 0.102. The molecular formula is C14H11FN4O. The molecule has 0 aliphatic rings. The van der Waals surface area contributed by atoms with E-state index in [-0.39, 0.29) is 12.4 Å². The summed E-state index contributed by atoms with van der Waals surface area (Å²) in [7, 11) is 0. The summed E-state index contributed by atoms with van der Waals surface area (Å²) in [5, 5.41) is 2.54. The van der Waals surface area contributed by atoms with Gasteiger partial charge in [-0.1, -0.05) is 11.8 Å². The van der Waals surface area contributed by atoms with Crippen LogP contribution in [0.3, 0.4) is 0 Å². The van der Waals surface area contributed by atoms with Crippen LogP contribution in [0.5, 0.6) is 0 Å². The average molecular weight is 270 g/mol. The van der Waals surface area contributed by atoms with Gasteiger partial charge in [-0.3, -0.25) is 9.78 Å². The molecule has 1 amide bonds. The molecule has 3 N–H and O–H groups in total. The molecule has 0 atom stereocenters. The minimum Gasteiger partial charge on any atom is -0.320 e. The highest BCUT2D eigenvalue weighted by Crippen LogP contribution is 2.07. The predicted octanol–water partition coefficient (Wildman–Crippen LogP) is 1.18. The first kappa shape index (κ1) is 13.6. The van der Waals surface area contributed by atoms with Gasteiger partial charge in [0.15, 0.2) is 0 Å². The summed E-state index contributed by atoms with van der Waals surface area (Å²) in [6.07, 6.45) is 3.97. The minimum absolute atomic E-state index is 0.232. The molecule has 0 radical (unpaired) electrons. The summed E-state index contributed by atoms with van der Waals surface area (Å²) in [5.74, 6) is 4.86. The number of halogens is 1. The summed E-state index contributed by atoms with van der Waals surface area (Å²) in [4.78, 5) is 19.6. The van der Waals surface area contributed by atoms with Gasteiger partial charge in [0.05, 0.1) is 18.3 Å². The third kappa shape index (κ3) is 3.60. The van der Waals surface area contributed by atoms with Crippen LogP contribution in [0.4, 0.5) is 10.2 Å². The van der Waals surface area contributed by atoms with Crippen LogP contribution in [0.1, 0.15) is 15.9 Å². The molecule has 0 aliphatic carbocycles. The quantitative estimate of drug-likeness (QED) is 0.803. The van der Waals surface area contributed by atoms with Crippen LogP contribution in [0, 0.1) is 17.7 Å². The van der Waals surface area contributed by atoms with Gasteiger partial charge in [-0.05, 0) is 18.2 Å². The number of hydrogen-bond acceptors (Lipinski definition) is 4. The number of rotatable bonds is 2. The molecule has 5 nitrogen and oxygen atoms in total. The summed E-state index contributed by atoms with van der Waals surface area (Å²) in [6.45, 7) is 0.232. The fraction of sp³-hybridized carbons (Fsp3) is 0.0714. The van der Waals surface area contributed by atoms with Crippen molar-refractivity contribution in [1.82, 2.24) is 9.97 Å². The Bertz CT molecular complexity index is 674. The molecule has 100 valence electrons. The van der Waals surface area contributed by atoms with Gasteiger partial charge < -0.3 is 11.1 Å². The Morgan fingerprint density at radius 1 is 1.35 bits per heavy atom. The standard InChI is InChI=1S/C14H11FN4O/c15-12-3-4-13(18-9-12)19-14(20)11-6-10(2-1-5-16)7-17-8-11/h3-4,6-9H,5,16H2,(H,18,19,20). The Hall–Kier alpha value is -2.78. The average Bonchev–Trinajstić information content (AvgIpc) is 2.48. The van der Waals surface area contributed by atoms with Gasteiger partial charge in [0.1, 0.15) is 11.6 Å². The molecule has 0 aliphatic heterocycles. The number of carbonyl (C=O) groups excluding carboxylic acids is 1. The van der Waals surface area contributed by atoms with Crippen LogP contribution >= 0.6 is 0 Å². The van der Waals surface area contributed by atoms with Crippen LogP contribution in [-0.4, -0.2) is 22.4 Å². The predicted molar refractivity (Wildman–Crippen MR) is 72.3 cm³/mol. The Balaban J connectivity index is 2.14. The lowest BCUT2D eigenvalue weighted by atomic mass is 10.2. The Morgan fingerprint density at radius 3 is 2.90 bits per heavy atom. The van der Waals surface area contributed by atoms with E-state index in [0.717, 1.165) is 6.20 Å². The van der Waals surface area contributed by atoms with Crippen LogP contribution in [0.25, 0.3) is 0 Å². The van der Waals surface area contributed by atoms with Crippen LogP contribution in [0.15, 0.2) is 36.8 Å². The van der Waals surface area contributed by atoms with Crippen LogP contribution < -0.4 is 11.1 Å². The second-order valence-electron chi connectivity index (χ2n) is 3.78. The van der Waals surface area contributed by atoms with E-state index in [1.165, 1.54) is 24.5 Å². The van der Waals surface area contributed by atoms with Crippen molar-refractivity contribution in [2.24, 2.45) is 5.73 Å². The van der Waals surface area contributed by atoms with Gasteiger partial charge in [0.25, 0.3) is 5.91 Å². The number of anilines is 1. The Morgan fingerprint density at radius 2 is 2.20 bits per heavy atom. The molecule has 20 heavy (non-hydrogen) atoms. The summed E-state index contributed by atoms with van der Waals surface area (Å²) in [5.41, 5.74) is 6.20. The largest absolute Gasteiger partial charge is 0.320 e. The fourth-order valence-corrected chi connectivity index (χ4v) is 1.42. The number of nitrogens with one attached hydrogen (secondary N) is 1. The van der Waals surface area contributed by atoms with Crippen molar-refractivity contribution in [2.45, 2.75) is 0 Å².